The van der Waals surface area contributed by atoms with Crippen LogP contribution in [-0.2, 0) is 0 Å². The Labute approximate surface area is 190 Å². The van der Waals surface area contributed by atoms with Gasteiger partial charge >= 0.3 is 0 Å². The lowest BCUT2D eigenvalue weighted by atomic mass is 9.89. The molecule has 0 saturated heterocycles. The fourth-order valence-corrected chi connectivity index (χ4v) is 4.16. The second-order valence-corrected chi connectivity index (χ2v) is 7.69. The van der Waals surface area contributed by atoms with E-state index < -0.39 is 0 Å². The fraction of sp³-hybridized carbons (Fsp3) is 0.360. The zero-order chi connectivity index (χ0) is 22.4. The number of hydrogen-bond donors (Lipinski definition) is 1. The molecule has 0 spiro atoms. The number of benzene rings is 2. The molecule has 0 aromatic heterocycles. The van der Waals surface area contributed by atoms with Gasteiger partial charge in [-0.3, -0.25) is 4.79 Å². The topological polar surface area (TPSA) is 50.8 Å². The van der Waals surface area contributed by atoms with Gasteiger partial charge in [0.05, 0.1) is 19.3 Å². The molecule has 3 rings (SSSR count). The summed E-state index contributed by atoms with van der Waals surface area (Å²) in [6, 6.07) is 14.8. The molecule has 0 bridgehead atoms. The Kier molecular flexibility index (Phi) is 7.69. The molecule has 0 fully saturated rings. The minimum atomic E-state index is -0.372. The summed E-state index contributed by atoms with van der Waals surface area (Å²) in [4.78, 5) is 15.6. The number of Topliss-reactive ketones (excluding diaryl/α,β-unsaturated/α-hetero) is 1. The van der Waals surface area contributed by atoms with E-state index in [-0.39, 0.29) is 11.8 Å². The highest BCUT2D eigenvalue weighted by atomic mass is 32.1. The van der Waals surface area contributed by atoms with Crippen molar-refractivity contribution >= 4 is 23.1 Å². The van der Waals surface area contributed by atoms with Crippen LogP contribution in [0.1, 0.15) is 56.1 Å². The van der Waals surface area contributed by atoms with E-state index in [1.165, 1.54) is 0 Å². The second-order valence-electron chi connectivity index (χ2n) is 7.30. The van der Waals surface area contributed by atoms with Crippen LogP contribution in [-0.4, -0.2) is 35.6 Å². The third-order valence-corrected chi connectivity index (χ3v) is 5.56. The Morgan fingerprint density at radius 3 is 2.35 bits per heavy atom. The van der Waals surface area contributed by atoms with Crippen LogP contribution in [0.2, 0.25) is 0 Å². The quantitative estimate of drug-likeness (QED) is 0.425. The largest absolute Gasteiger partial charge is 0.490 e. The summed E-state index contributed by atoms with van der Waals surface area (Å²) < 4.78 is 11.5. The Hall–Kier alpha value is -2.86. The summed E-state index contributed by atoms with van der Waals surface area (Å²) in [5.41, 5.74) is 3.14. The van der Waals surface area contributed by atoms with Crippen LogP contribution < -0.4 is 14.8 Å². The van der Waals surface area contributed by atoms with Gasteiger partial charge in [-0.2, -0.15) is 0 Å². The summed E-state index contributed by atoms with van der Waals surface area (Å²) in [5.74, 6) is 1.34. The number of hydrogen-bond acceptors (Lipinski definition) is 4. The molecule has 1 unspecified atom stereocenters. The first-order valence-corrected chi connectivity index (χ1v) is 11.2. The lowest BCUT2D eigenvalue weighted by molar-refractivity contribution is 0.102. The number of nitrogens with zero attached hydrogens (tertiary/aromatic N) is 1. The van der Waals surface area contributed by atoms with Crippen LogP contribution in [0.5, 0.6) is 11.5 Å². The van der Waals surface area contributed by atoms with Crippen molar-refractivity contribution in [2.45, 2.75) is 40.2 Å². The Bertz CT molecular complexity index is 972. The predicted molar refractivity (Wildman–Crippen MR) is 128 cm³/mol. The van der Waals surface area contributed by atoms with Gasteiger partial charge in [0.2, 0.25) is 0 Å². The highest BCUT2D eigenvalue weighted by Crippen LogP contribution is 2.37. The first-order chi connectivity index (χ1) is 15.0. The second kappa shape index (κ2) is 10.4. The van der Waals surface area contributed by atoms with Gasteiger partial charge in [0.15, 0.2) is 22.4 Å². The van der Waals surface area contributed by atoms with Crippen LogP contribution >= 0.6 is 12.2 Å². The molecule has 5 nitrogen and oxygen atoms in total. The number of nitrogens with one attached hydrogen (secondary N) is 1. The zero-order valence-corrected chi connectivity index (χ0v) is 19.4. The lowest BCUT2D eigenvalue weighted by Crippen LogP contribution is -2.47. The van der Waals surface area contributed by atoms with Gasteiger partial charge in [0, 0.05) is 23.4 Å². The molecular weight excluding hydrogens is 408 g/mol. The lowest BCUT2D eigenvalue weighted by Gasteiger charge is -2.38. The third kappa shape index (κ3) is 4.90. The first kappa shape index (κ1) is 22.8. The van der Waals surface area contributed by atoms with Gasteiger partial charge in [0.25, 0.3) is 0 Å². The Balaban J connectivity index is 2.11. The first-order valence-electron chi connectivity index (χ1n) is 10.8. The average Bonchev–Trinajstić information content (AvgIpc) is 2.78. The number of thiocarbonyl (C=S) groups is 1. The fourth-order valence-electron chi connectivity index (χ4n) is 3.81. The summed E-state index contributed by atoms with van der Waals surface area (Å²) in [7, 11) is 0. The maximum atomic E-state index is 13.6. The summed E-state index contributed by atoms with van der Waals surface area (Å²) in [5, 5.41) is 4.03. The van der Waals surface area contributed by atoms with Crippen molar-refractivity contribution < 1.29 is 14.3 Å². The van der Waals surface area contributed by atoms with Crippen LogP contribution in [0.4, 0.5) is 0 Å². The normalized spacial score (nSPS) is 16.2. The maximum Gasteiger partial charge on any atom is 0.193 e. The molecule has 1 N–H and O–H groups in total. The third-order valence-electron chi connectivity index (χ3n) is 5.22. The molecule has 164 valence electrons. The van der Waals surface area contributed by atoms with Crippen molar-refractivity contribution in [3.63, 3.8) is 0 Å². The van der Waals surface area contributed by atoms with Crippen LogP contribution in [0, 0.1) is 0 Å². The van der Waals surface area contributed by atoms with Crippen LogP contribution in [0.3, 0.4) is 0 Å². The van der Waals surface area contributed by atoms with Gasteiger partial charge < -0.3 is 19.7 Å². The molecule has 0 aliphatic carbocycles. The Morgan fingerprint density at radius 1 is 1.03 bits per heavy atom. The van der Waals surface area contributed by atoms with Gasteiger partial charge in [-0.1, -0.05) is 43.3 Å². The van der Waals surface area contributed by atoms with E-state index >= 15 is 0 Å². The number of carbonyl (C=O) groups excluding carboxylic acids is 1. The number of ether oxygens (including phenoxy) is 2. The SMILES string of the molecule is CCCN1C(=S)NC(c2ccc(OCC)c(OCC)c2)C(C(=O)c2ccccc2)=C1C. The van der Waals surface area contributed by atoms with E-state index in [1.54, 1.807) is 0 Å². The summed E-state index contributed by atoms with van der Waals surface area (Å²) >= 11 is 5.67. The number of rotatable bonds is 9. The molecular formula is C25H30N2O3S. The van der Waals surface area contributed by atoms with Crippen molar-refractivity contribution in [1.29, 1.82) is 0 Å². The Morgan fingerprint density at radius 2 is 1.71 bits per heavy atom. The van der Waals surface area contributed by atoms with Gasteiger partial charge in [0.1, 0.15) is 0 Å². The van der Waals surface area contributed by atoms with Gasteiger partial charge in [-0.05, 0) is 57.1 Å². The molecule has 0 saturated carbocycles. The van der Waals surface area contributed by atoms with Crippen LogP contribution in [0.15, 0.2) is 59.8 Å². The molecule has 1 heterocycles. The molecule has 2 aromatic rings. The number of allylic oxidation sites excluding steroid dienone is 1. The van der Waals surface area contributed by atoms with Gasteiger partial charge in [-0.15, -0.1) is 0 Å². The smallest absolute Gasteiger partial charge is 0.193 e. The van der Waals surface area contributed by atoms with E-state index in [0.717, 1.165) is 24.2 Å². The molecule has 2 aromatic carbocycles. The van der Waals surface area contributed by atoms with Crippen molar-refractivity contribution in [2.24, 2.45) is 0 Å². The molecule has 1 atom stereocenters. The van der Waals surface area contributed by atoms with E-state index in [0.29, 0.717) is 41.0 Å². The van der Waals surface area contributed by atoms with E-state index in [4.69, 9.17) is 21.7 Å². The summed E-state index contributed by atoms with van der Waals surface area (Å²) in [6.45, 7) is 9.78. The zero-order valence-electron chi connectivity index (χ0n) is 18.6. The number of carbonyl (C=O) groups is 1. The standard InChI is InChI=1S/C25H30N2O3S/c1-5-15-27-17(4)22(24(28)18-11-9-8-10-12-18)23(26-25(27)31)19-13-14-20(29-6-2)21(16-19)30-7-3/h8-14,16,23H,5-7,15H2,1-4H3,(H,26,31). The van der Waals surface area contributed by atoms with Crippen LogP contribution in [0.25, 0.3) is 0 Å². The molecule has 0 amide bonds. The monoisotopic (exact) mass is 438 g/mol. The van der Waals surface area contributed by atoms with Crippen molar-refractivity contribution in [2.75, 3.05) is 19.8 Å². The van der Waals surface area contributed by atoms with E-state index in [2.05, 4.69) is 12.2 Å². The van der Waals surface area contributed by atoms with Gasteiger partial charge in [-0.25, -0.2) is 0 Å². The number of ketones is 1. The molecule has 1 aliphatic heterocycles. The minimum absolute atomic E-state index is 0.00829. The molecule has 6 heteroatoms. The van der Waals surface area contributed by atoms with Crippen molar-refractivity contribution in [3.8, 4) is 11.5 Å². The maximum absolute atomic E-state index is 13.6. The molecule has 1 aliphatic rings. The highest BCUT2D eigenvalue weighted by molar-refractivity contribution is 7.80. The average molecular weight is 439 g/mol. The van der Waals surface area contributed by atoms with Crippen molar-refractivity contribution in [1.82, 2.24) is 10.2 Å². The predicted octanol–water partition coefficient (Wildman–Crippen LogP) is 5.28. The van der Waals surface area contributed by atoms with Crippen molar-refractivity contribution in [3.05, 3.63) is 70.9 Å². The highest BCUT2D eigenvalue weighted by Gasteiger charge is 2.34. The molecule has 0 radical (unpaired) electrons. The van der Waals surface area contributed by atoms with E-state index in [9.17, 15) is 4.79 Å². The summed E-state index contributed by atoms with van der Waals surface area (Å²) in [6.07, 6.45) is 0.925. The van der Waals surface area contributed by atoms with E-state index in [1.807, 2.05) is 74.2 Å². The minimum Gasteiger partial charge on any atom is -0.490 e. The molecule has 31 heavy (non-hydrogen) atoms.